The molecular formula is C19H30CoN5O4. The fourth-order valence-electron chi connectivity index (χ4n) is 1.49. The first-order valence-corrected chi connectivity index (χ1v) is 8.83. The monoisotopic (exact) mass is 451 g/mol. The van der Waals surface area contributed by atoms with Crippen molar-refractivity contribution in [2.45, 2.75) is 59.8 Å². The first-order valence-electron chi connectivity index (χ1n) is 8.83. The SMILES string of the molecule is CC(=N\[O-])/C(C)=N/O.CC(=N\[O-])/C(C)=N/O.[CH-]1CCCCC1.[Co+3].c1ccncc1. The number of nitrogens with zero attached hydrogens (tertiary/aromatic N) is 5. The normalized spacial score (nSPS) is 14.5. The molecule has 0 radical (unpaired) electrons. The summed E-state index contributed by atoms with van der Waals surface area (Å²) in [5, 5.41) is 45.8. The van der Waals surface area contributed by atoms with Crippen LogP contribution in [-0.2, 0) is 16.8 Å². The third-order valence-corrected chi connectivity index (χ3v) is 3.50. The quantitative estimate of drug-likeness (QED) is 0.286. The molecule has 0 aromatic carbocycles. The molecule has 2 rings (SSSR count). The van der Waals surface area contributed by atoms with Crippen LogP contribution in [0.3, 0.4) is 0 Å². The zero-order valence-electron chi connectivity index (χ0n) is 17.3. The van der Waals surface area contributed by atoms with E-state index in [9.17, 15) is 10.4 Å². The van der Waals surface area contributed by atoms with E-state index in [4.69, 9.17) is 10.4 Å². The molecule has 9 nitrogen and oxygen atoms in total. The van der Waals surface area contributed by atoms with Gasteiger partial charge in [0.1, 0.15) is 0 Å². The summed E-state index contributed by atoms with van der Waals surface area (Å²) in [4.78, 5) is 3.78. The minimum absolute atomic E-state index is 0. The van der Waals surface area contributed by atoms with Crippen LogP contribution in [0.1, 0.15) is 59.8 Å². The zero-order valence-corrected chi connectivity index (χ0v) is 18.3. The number of hydrogen-bond acceptors (Lipinski definition) is 9. The van der Waals surface area contributed by atoms with E-state index in [1.165, 1.54) is 59.8 Å². The van der Waals surface area contributed by atoms with Gasteiger partial charge in [-0.3, -0.25) is 4.98 Å². The van der Waals surface area contributed by atoms with Gasteiger partial charge in [0.2, 0.25) is 0 Å². The summed E-state index contributed by atoms with van der Waals surface area (Å²) in [6, 6.07) is 5.72. The Kier molecular flexibility index (Phi) is 25.4. The van der Waals surface area contributed by atoms with Crippen molar-refractivity contribution < 1.29 is 27.2 Å². The molecule has 1 aliphatic carbocycles. The van der Waals surface area contributed by atoms with E-state index in [1.54, 1.807) is 12.4 Å². The van der Waals surface area contributed by atoms with Gasteiger partial charge in [-0.15, -0.1) is 0 Å². The largest absolute Gasteiger partial charge is 3.00 e. The molecule has 1 aromatic heterocycles. The first kappa shape index (κ1) is 31.2. The number of aromatic nitrogens is 1. The van der Waals surface area contributed by atoms with Crippen LogP contribution in [0.4, 0.5) is 0 Å². The summed E-state index contributed by atoms with van der Waals surface area (Å²) in [7, 11) is 0. The Morgan fingerprint density at radius 1 is 0.759 bits per heavy atom. The number of rotatable bonds is 2. The number of pyridine rings is 1. The van der Waals surface area contributed by atoms with Crippen LogP contribution >= 0.6 is 0 Å². The number of oxime groups is 2. The van der Waals surface area contributed by atoms with Gasteiger partial charge in [0.15, 0.2) is 0 Å². The van der Waals surface area contributed by atoms with Crippen molar-refractivity contribution in [1.29, 1.82) is 0 Å². The third kappa shape index (κ3) is 21.7. The molecule has 1 saturated carbocycles. The van der Waals surface area contributed by atoms with Crippen LogP contribution in [0.2, 0.25) is 0 Å². The molecule has 1 heterocycles. The molecule has 1 aromatic rings. The van der Waals surface area contributed by atoms with E-state index in [2.05, 4.69) is 32.0 Å². The molecule has 29 heavy (non-hydrogen) atoms. The molecule has 0 spiro atoms. The summed E-state index contributed by atoms with van der Waals surface area (Å²) < 4.78 is 0. The summed E-state index contributed by atoms with van der Waals surface area (Å²) in [6.45, 7) is 5.94. The van der Waals surface area contributed by atoms with E-state index in [0.29, 0.717) is 0 Å². The average Bonchev–Trinajstić information content (AvgIpc) is 2.80. The Labute approximate surface area is 183 Å². The van der Waals surface area contributed by atoms with Crippen molar-refractivity contribution in [3.63, 3.8) is 0 Å². The van der Waals surface area contributed by atoms with Gasteiger partial charge in [-0.05, 0) is 39.8 Å². The van der Waals surface area contributed by atoms with Crippen molar-refractivity contribution in [3.8, 4) is 0 Å². The van der Waals surface area contributed by atoms with Gasteiger partial charge in [0.25, 0.3) is 0 Å². The van der Waals surface area contributed by atoms with E-state index >= 15 is 0 Å². The maximum absolute atomic E-state index is 9.63. The van der Waals surface area contributed by atoms with Gasteiger partial charge in [0, 0.05) is 12.4 Å². The van der Waals surface area contributed by atoms with Crippen molar-refractivity contribution in [3.05, 3.63) is 47.4 Å². The minimum Gasteiger partial charge on any atom is -0.792 e. The smallest absolute Gasteiger partial charge is 0.792 e. The topological polar surface area (TPSA) is 149 Å². The van der Waals surface area contributed by atoms with Crippen molar-refractivity contribution in [2.24, 2.45) is 20.6 Å². The zero-order chi connectivity index (χ0) is 21.6. The molecule has 164 valence electrons. The third-order valence-electron chi connectivity index (χ3n) is 3.50. The second-order valence-corrected chi connectivity index (χ2v) is 5.68. The van der Waals surface area contributed by atoms with Gasteiger partial charge >= 0.3 is 16.8 Å². The van der Waals surface area contributed by atoms with E-state index < -0.39 is 0 Å². The Morgan fingerprint density at radius 2 is 1.17 bits per heavy atom. The van der Waals surface area contributed by atoms with E-state index in [0.717, 1.165) is 0 Å². The van der Waals surface area contributed by atoms with Crippen LogP contribution < -0.4 is 0 Å². The summed E-state index contributed by atoms with van der Waals surface area (Å²) in [5.74, 6) is 0. The summed E-state index contributed by atoms with van der Waals surface area (Å²) >= 11 is 0. The number of hydrogen-bond donors (Lipinski definition) is 2. The summed E-state index contributed by atoms with van der Waals surface area (Å²) in [6.07, 6.45) is 13.0. The van der Waals surface area contributed by atoms with Gasteiger partial charge in [-0.1, -0.05) is 35.6 Å². The Morgan fingerprint density at radius 3 is 1.28 bits per heavy atom. The fourth-order valence-corrected chi connectivity index (χ4v) is 1.49. The standard InChI is InChI=1S/C6H11.C5H5N.2C4H8N2O2.Co/c2*1-2-4-6-5-3-1;2*1-3(5-7)4(2)6-8;/h1H,2-6H2;1-5H;2*7-8H,1-2H3;/q-1;;;;+3/p-2/b;;2*5-3+,6-4+;. The van der Waals surface area contributed by atoms with Crippen LogP contribution in [0.5, 0.6) is 0 Å². The van der Waals surface area contributed by atoms with Gasteiger partial charge in [-0.2, -0.15) is 12.8 Å². The molecule has 0 unspecified atom stereocenters. The molecule has 1 fully saturated rings. The Bertz CT molecular complexity index is 502. The molecular weight excluding hydrogens is 421 g/mol. The van der Waals surface area contributed by atoms with Crippen LogP contribution in [0.15, 0.2) is 51.2 Å². The van der Waals surface area contributed by atoms with Crippen LogP contribution in [0, 0.1) is 16.8 Å². The first-order chi connectivity index (χ1) is 13.4. The van der Waals surface area contributed by atoms with E-state index in [1.807, 2.05) is 18.2 Å². The Balaban J connectivity index is -0.000000309. The summed E-state index contributed by atoms with van der Waals surface area (Å²) in [5.41, 5.74) is 0.903. The van der Waals surface area contributed by atoms with Crippen molar-refractivity contribution >= 4 is 22.8 Å². The predicted molar refractivity (Wildman–Crippen MR) is 114 cm³/mol. The van der Waals surface area contributed by atoms with Gasteiger partial charge < -0.3 is 37.6 Å². The molecule has 0 bridgehead atoms. The Hall–Kier alpha value is -2.46. The maximum Gasteiger partial charge on any atom is 3.00 e. The van der Waals surface area contributed by atoms with Crippen molar-refractivity contribution in [1.82, 2.24) is 4.98 Å². The van der Waals surface area contributed by atoms with Crippen LogP contribution in [-0.4, -0.2) is 38.2 Å². The molecule has 0 saturated heterocycles. The van der Waals surface area contributed by atoms with Gasteiger partial charge in [0.05, 0.1) is 22.8 Å². The second-order valence-electron chi connectivity index (χ2n) is 5.68. The van der Waals surface area contributed by atoms with Crippen LogP contribution in [0.25, 0.3) is 0 Å². The fraction of sp³-hybridized carbons (Fsp3) is 0.474. The molecule has 1 aliphatic rings. The molecule has 0 atom stereocenters. The van der Waals surface area contributed by atoms with Gasteiger partial charge in [-0.25, -0.2) is 0 Å². The minimum atomic E-state index is 0. The second kappa shape index (κ2) is 23.6. The van der Waals surface area contributed by atoms with E-state index in [-0.39, 0.29) is 39.6 Å². The maximum atomic E-state index is 9.63. The molecule has 2 N–H and O–H groups in total. The molecule has 0 amide bonds. The average molecular weight is 451 g/mol. The van der Waals surface area contributed by atoms with Crippen molar-refractivity contribution in [2.75, 3.05) is 0 Å². The molecule has 0 aliphatic heterocycles. The molecule has 10 heteroatoms. The predicted octanol–water partition coefficient (Wildman–Crippen LogP) is 4.82.